The van der Waals surface area contributed by atoms with Crippen molar-refractivity contribution in [2.45, 2.75) is 0 Å². The Kier molecular flexibility index (Phi) is 5.44. The predicted molar refractivity (Wildman–Crippen MR) is 187 cm³/mol. The molecule has 0 radical (unpaired) electrons. The first-order chi connectivity index (χ1) is 23.3. The van der Waals surface area contributed by atoms with Crippen LogP contribution in [-0.4, -0.2) is 28.9 Å². The Morgan fingerprint density at radius 2 is 1.23 bits per heavy atom. The Labute approximate surface area is 268 Å². The molecule has 0 spiro atoms. The maximum atomic E-state index is 6.53. The second-order valence-corrected chi connectivity index (χ2v) is 11.5. The second-order valence-electron chi connectivity index (χ2n) is 11.5. The fourth-order valence-corrected chi connectivity index (χ4v) is 6.71. The zero-order valence-corrected chi connectivity index (χ0v) is 24.9. The highest BCUT2D eigenvalue weighted by molar-refractivity contribution is 6.08. The molecule has 7 heteroatoms. The molecule has 0 aliphatic heterocycles. The molecule has 7 nitrogen and oxygen atoms in total. The molecular weight excluding hydrogens is 580 g/mol. The maximum Gasteiger partial charge on any atom is 0.222 e. The summed E-state index contributed by atoms with van der Waals surface area (Å²) in [5.74, 6) is 2.00. The lowest BCUT2D eigenvalue weighted by Crippen LogP contribution is -2.02. The fraction of sp³-hybridized carbons (Fsp3) is 0. The van der Waals surface area contributed by atoms with Crippen LogP contribution in [-0.2, 0) is 0 Å². The minimum atomic E-state index is 0.610. The van der Waals surface area contributed by atoms with E-state index in [0.717, 1.165) is 72.3 Å². The molecule has 47 heavy (non-hydrogen) atoms. The predicted octanol–water partition coefficient (Wildman–Crippen LogP) is 9.52. The van der Waals surface area contributed by atoms with Gasteiger partial charge in [0.25, 0.3) is 0 Å². The monoisotopic (exact) mass is 604 g/mol. The maximum absolute atomic E-state index is 6.53. The minimum Gasteiger partial charge on any atom is -0.452 e. The first-order valence-electron chi connectivity index (χ1n) is 15.5. The molecule has 220 valence electrons. The summed E-state index contributed by atoms with van der Waals surface area (Å²) < 4.78 is 10.8. The Hall–Kier alpha value is -6.60. The summed E-state index contributed by atoms with van der Waals surface area (Å²) in [6, 6.07) is 47.1. The van der Waals surface area contributed by atoms with Crippen LogP contribution in [0.2, 0.25) is 0 Å². The van der Waals surface area contributed by atoms with Gasteiger partial charge in [-0.25, -0.2) is 19.9 Å². The van der Waals surface area contributed by atoms with Crippen LogP contribution < -0.4 is 0 Å². The zero-order chi connectivity index (χ0) is 30.9. The molecule has 10 aromatic rings. The third kappa shape index (κ3) is 3.87. The van der Waals surface area contributed by atoms with Gasteiger partial charge in [0.05, 0.1) is 33.5 Å². The van der Waals surface area contributed by atoms with Gasteiger partial charge in [0, 0.05) is 33.7 Å². The number of pyridine rings is 1. The number of fused-ring (bicyclic) bond motifs is 8. The highest BCUT2D eigenvalue weighted by Gasteiger charge is 2.25. The van der Waals surface area contributed by atoms with E-state index in [1.165, 1.54) is 0 Å². The van der Waals surface area contributed by atoms with Gasteiger partial charge in [0.15, 0.2) is 17.2 Å². The number of aromatic nitrogens is 6. The van der Waals surface area contributed by atoms with Gasteiger partial charge in [0.1, 0.15) is 5.58 Å². The van der Waals surface area contributed by atoms with E-state index >= 15 is 0 Å². The van der Waals surface area contributed by atoms with E-state index in [2.05, 4.69) is 69.6 Å². The van der Waals surface area contributed by atoms with Crippen LogP contribution in [0.25, 0.3) is 89.5 Å². The summed E-state index contributed by atoms with van der Waals surface area (Å²) in [4.78, 5) is 20.5. The number of benzene rings is 5. The molecular formula is C40H24N6O. The lowest BCUT2D eigenvalue weighted by Gasteiger charge is -2.12. The molecule has 0 bridgehead atoms. The van der Waals surface area contributed by atoms with Crippen LogP contribution >= 0.6 is 0 Å². The quantitative estimate of drug-likeness (QED) is 0.200. The Balaban J connectivity index is 1.35. The third-order valence-electron chi connectivity index (χ3n) is 8.82. The number of hydrogen-bond donors (Lipinski definition) is 0. The summed E-state index contributed by atoms with van der Waals surface area (Å²) in [6.45, 7) is 0. The largest absolute Gasteiger partial charge is 0.452 e. The summed E-state index contributed by atoms with van der Waals surface area (Å²) in [5.41, 5.74) is 9.86. The summed E-state index contributed by atoms with van der Waals surface area (Å²) in [7, 11) is 0. The van der Waals surface area contributed by atoms with Crippen molar-refractivity contribution in [3.8, 4) is 39.7 Å². The minimum absolute atomic E-state index is 0.610. The van der Waals surface area contributed by atoms with Gasteiger partial charge in [0.2, 0.25) is 5.78 Å². The van der Waals surface area contributed by atoms with Crippen LogP contribution in [0.15, 0.2) is 150 Å². The average Bonchev–Trinajstić information content (AvgIpc) is 3.81. The molecule has 0 amide bonds. The highest BCUT2D eigenvalue weighted by Crippen LogP contribution is 2.39. The molecule has 0 aliphatic rings. The van der Waals surface area contributed by atoms with Gasteiger partial charge in [-0.2, -0.15) is 0 Å². The third-order valence-corrected chi connectivity index (χ3v) is 8.82. The Bertz CT molecular complexity index is 2740. The number of para-hydroxylation sites is 4. The van der Waals surface area contributed by atoms with Crippen LogP contribution in [0.3, 0.4) is 0 Å². The van der Waals surface area contributed by atoms with Crippen molar-refractivity contribution in [2.24, 2.45) is 0 Å². The van der Waals surface area contributed by atoms with Crippen molar-refractivity contribution in [1.82, 2.24) is 28.9 Å². The molecule has 0 atom stereocenters. The Morgan fingerprint density at radius 1 is 0.553 bits per heavy atom. The van der Waals surface area contributed by atoms with Crippen molar-refractivity contribution in [3.05, 3.63) is 146 Å². The molecule has 5 aromatic heterocycles. The van der Waals surface area contributed by atoms with E-state index in [9.17, 15) is 0 Å². The van der Waals surface area contributed by atoms with Crippen molar-refractivity contribution in [1.29, 1.82) is 0 Å². The van der Waals surface area contributed by atoms with E-state index in [-0.39, 0.29) is 0 Å². The van der Waals surface area contributed by atoms with Crippen molar-refractivity contribution in [2.75, 3.05) is 0 Å². The Morgan fingerprint density at radius 3 is 2.02 bits per heavy atom. The van der Waals surface area contributed by atoms with Crippen LogP contribution in [0.4, 0.5) is 0 Å². The van der Waals surface area contributed by atoms with Gasteiger partial charge in [-0.05, 0) is 42.5 Å². The van der Waals surface area contributed by atoms with Crippen molar-refractivity contribution < 1.29 is 4.42 Å². The van der Waals surface area contributed by atoms with Gasteiger partial charge in [-0.15, -0.1) is 0 Å². The molecule has 10 rings (SSSR count). The smallest absolute Gasteiger partial charge is 0.222 e. The average molecular weight is 605 g/mol. The normalized spacial score (nSPS) is 11.8. The molecule has 0 aliphatic carbocycles. The number of nitrogens with zero attached hydrogens (tertiary/aromatic N) is 6. The van der Waals surface area contributed by atoms with Crippen LogP contribution in [0, 0.1) is 0 Å². The zero-order valence-electron chi connectivity index (χ0n) is 24.9. The number of furan rings is 1. The number of hydrogen-bond acceptors (Lipinski definition) is 5. The van der Waals surface area contributed by atoms with Crippen LogP contribution in [0.5, 0.6) is 0 Å². The standard InChI is InChI=1S/C40H24N6O/c1-3-12-25(13-4-1)31-24-32(26-14-5-2-6-15-26)43-38(42-31)29-17-11-20-34-36(29)46(40-44-30-18-8-9-19-33(30)45(34)40)39-37-28(22-23-41-39)27-16-7-10-21-35(27)47-37/h1-24H. The van der Waals surface area contributed by atoms with E-state index in [1.54, 1.807) is 0 Å². The van der Waals surface area contributed by atoms with Crippen molar-refractivity contribution >= 4 is 49.8 Å². The van der Waals surface area contributed by atoms with E-state index in [1.807, 2.05) is 85.1 Å². The number of imidazole rings is 2. The summed E-state index contributed by atoms with van der Waals surface area (Å²) >= 11 is 0. The second kappa shape index (κ2) is 9.95. The molecule has 0 fully saturated rings. The van der Waals surface area contributed by atoms with E-state index in [0.29, 0.717) is 17.2 Å². The fourth-order valence-electron chi connectivity index (χ4n) is 6.71. The summed E-state index contributed by atoms with van der Waals surface area (Å²) in [6.07, 6.45) is 1.84. The van der Waals surface area contributed by atoms with Gasteiger partial charge in [-0.1, -0.05) is 97.1 Å². The molecule has 5 heterocycles. The topological polar surface area (TPSA) is 74.0 Å². The molecule has 0 saturated heterocycles. The molecule has 0 N–H and O–H groups in total. The highest BCUT2D eigenvalue weighted by atomic mass is 16.3. The summed E-state index contributed by atoms with van der Waals surface area (Å²) in [5, 5.41) is 2.03. The molecule has 5 aromatic carbocycles. The van der Waals surface area contributed by atoms with Gasteiger partial charge >= 0.3 is 0 Å². The molecule has 0 saturated carbocycles. The first kappa shape index (κ1) is 25.7. The van der Waals surface area contributed by atoms with Crippen molar-refractivity contribution in [3.63, 3.8) is 0 Å². The van der Waals surface area contributed by atoms with E-state index < -0.39 is 0 Å². The lowest BCUT2D eigenvalue weighted by molar-refractivity contribution is 0.663. The SMILES string of the molecule is c1ccc(-c2cc(-c3ccccc3)nc(-c3cccc4c3n(-c3nccc5c3oc3ccccc35)c3nc5ccccc5n43)n2)cc1. The first-order valence-corrected chi connectivity index (χ1v) is 15.5. The lowest BCUT2D eigenvalue weighted by atomic mass is 10.1. The number of rotatable bonds is 4. The van der Waals surface area contributed by atoms with Gasteiger partial charge in [-0.3, -0.25) is 8.97 Å². The van der Waals surface area contributed by atoms with E-state index in [4.69, 9.17) is 24.4 Å². The molecule has 0 unspecified atom stereocenters. The van der Waals surface area contributed by atoms with Gasteiger partial charge < -0.3 is 4.42 Å². The van der Waals surface area contributed by atoms with Crippen LogP contribution in [0.1, 0.15) is 0 Å².